The lowest BCUT2D eigenvalue weighted by molar-refractivity contribution is -0.122. The first-order chi connectivity index (χ1) is 9.67. The fourth-order valence-electron chi connectivity index (χ4n) is 2.65. The second-order valence-electron chi connectivity index (χ2n) is 5.82. The van der Waals surface area contributed by atoms with Crippen LogP contribution < -0.4 is 5.32 Å². The van der Waals surface area contributed by atoms with Crippen LogP contribution in [0.5, 0.6) is 0 Å². The number of nitrogens with one attached hydrogen (secondary N) is 1. The lowest BCUT2D eigenvalue weighted by atomic mass is 10.0. The maximum atomic E-state index is 12.0. The Morgan fingerprint density at radius 3 is 2.40 bits per heavy atom. The number of aryl methyl sites for hydroxylation is 2. The van der Waals surface area contributed by atoms with Crippen LogP contribution in [0.4, 0.5) is 0 Å². The largest absolute Gasteiger partial charge is 0.353 e. The Morgan fingerprint density at radius 2 is 1.80 bits per heavy atom. The zero-order chi connectivity index (χ0) is 14.4. The molecule has 20 heavy (non-hydrogen) atoms. The molecule has 1 amide bonds. The summed E-state index contributed by atoms with van der Waals surface area (Å²) >= 11 is 0. The van der Waals surface area contributed by atoms with Gasteiger partial charge >= 0.3 is 0 Å². The summed E-state index contributed by atoms with van der Waals surface area (Å²) in [5.74, 6) is 0.194. The van der Waals surface area contributed by atoms with Crippen LogP contribution in [0.2, 0.25) is 0 Å². The number of carbonyl (C=O) groups excluding carboxylic acids is 1. The molecule has 1 fully saturated rings. The summed E-state index contributed by atoms with van der Waals surface area (Å²) in [4.78, 5) is 14.3. The lowest BCUT2D eigenvalue weighted by Gasteiger charge is -2.29. The summed E-state index contributed by atoms with van der Waals surface area (Å²) in [6.07, 6.45) is 4.65. The minimum absolute atomic E-state index is 0.194. The van der Waals surface area contributed by atoms with Crippen LogP contribution in [-0.4, -0.2) is 37.0 Å². The van der Waals surface area contributed by atoms with Crippen LogP contribution in [0.1, 0.15) is 37.3 Å². The van der Waals surface area contributed by atoms with E-state index in [0.717, 1.165) is 38.8 Å². The Balaban J connectivity index is 1.71. The van der Waals surface area contributed by atoms with E-state index < -0.39 is 0 Å². The van der Waals surface area contributed by atoms with Crippen molar-refractivity contribution in [3.8, 4) is 0 Å². The van der Waals surface area contributed by atoms with Crippen molar-refractivity contribution in [3.05, 3.63) is 35.4 Å². The molecule has 0 spiro atoms. The summed E-state index contributed by atoms with van der Waals surface area (Å²) in [5.41, 5.74) is 2.60. The quantitative estimate of drug-likeness (QED) is 0.894. The standard InChI is InChI=1S/C17H26N2O/c1-3-14-4-6-15(7-5-14)8-9-17(20)18-16-10-12-19(2)13-11-16/h4-7,16H,3,8-13H2,1-2H3,(H,18,20). The van der Waals surface area contributed by atoms with E-state index in [1.165, 1.54) is 11.1 Å². The molecule has 0 atom stereocenters. The van der Waals surface area contributed by atoms with Gasteiger partial charge in [0.05, 0.1) is 0 Å². The lowest BCUT2D eigenvalue weighted by Crippen LogP contribution is -2.43. The molecular formula is C17H26N2O. The van der Waals surface area contributed by atoms with E-state index in [2.05, 4.69) is 48.5 Å². The number of benzene rings is 1. The van der Waals surface area contributed by atoms with Crippen molar-refractivity contribution in [1.29, 1.82) is 0 Å². The molecular weight excluding hydrogens is 248 g/mol. The van der Waals surface area contributed by atoms with Crippen LogP contribution in [0.25, 0.3) is 0 Å². The molecule has 110 valence electrons. The van der Waals surface area contributed by atoms with Crippen molar-refractivity contribution < 1.29 is 4.79 Å². The van der Waals surface area contributed by atoms with Gasteiger partial charge in [0, 0.05) is 12.5 Å². The molecule has 1 aliphatic rings. The maximum Gasteiger partial charge on any atom is 0.220 e. The SMILES string of the molecule is CCc1ccc(CCC(=O)NC2CCN(C)CC2)cc1. The Bertz CT molecular complexity index is 419. The first-order valence-corrected chi connectivity index (χ1v) is 7.73. The van der Waals surface area contributed by atoms with Crippen molar-refractivity contribution in [1.82, 2.24) is 10.2 Å². The number of piperidine rings is 1. The fourth-order valence-corrected chi connectivity index (χ4v) is 2.65. The minimum atomic E-state index is 0.194. The predicted molar refractivity (Wildman–Crippen MR) is 82.8 cm³/mol. The van der Waals surface area contributed by atoms with Crippen molar-refractivity contribution in [2.45, 2.75) is 45.1 Å². The third-order valence-electron chi connectivity index (χ3n) is 4.16. The summed E-state index contributed by atoms with van der Waals surface area (Å²) in [6.45, 7) is 4.33. The van der Waals surface area contributed by atoms with Gasteiger partial charge in [-0.1, -0.05) is 31.2 Å². The van der Waals surface area contributed by atoms with Crippen LogP contribution >= 0.6 is 0 Å². The average Bonchev–Trinajstić information content (AvgIpc) is 2.48. The molecule has 0 radical (unpaired) electrons. The Labute approximate surface area is 122 Å². The molecule has 1 aromatic carbocycles. The van der Waals surface area contributed by atoms with Crippen molar-refractivity contribution in [2.75, 3.05) is 20.1 Å². The van der Waals surface area contributed by atoms with E-state index in [-0.39, 0.29) is 5.91 Å². The van der Waals surface area contributed by atoms with Gasteiger partial charge in [0.15, 0.2) is 0 Å². The highest BCUT2D eigenvalue weighted by Crippen LogP contribution is 2.10. The molecule has 3 nitrogen and oxygen atoms in total. The van der Waals surface area contributed by atoms with Gasteiger partial charge in [-0.2, -0.15) is 0 Å². The molecule has 1 aromatic rings. The molecule has 0 aromatic heterocycles. The topological polar surface area (TPSA) is 32.3 Å². The molecule has 0 unspecified atom stereocenters. The molecule has 0 aliphatic carbocycles. The highest BCUT2D eigenvalue weighted by Gasteiger charge is 2.18. The Hall–Kier alpha value is -1.35. The Kier molecular flexibility index (Phi) is 5.60. The van der Waals surface area contributed by atoms with Crippen LogP contribution in [0.15, 0.2) is 24.3 Å². The first kappa shape index (κ1) is 15.0. The van der Waals surface area contributed by atoms with Gasteiger partial charge in [-0.05, 0) is 56.9 Å². The minimum Gasteiger partial charge on any atom is -0.353 e. The van der Waals surface area contributed by atoms with Crippen LogP contribution in [-0.2, 0) is 17.6 Å². The second kappa shape index (κ2) is 7.44. The van der Waals surface area contributed by atoms with Gasteiger partial charge in [-0.15, -0.1) is 0 Å². The smallest absolute Gasteiger partial charge is 0.220 e. The fraction of sp³-hybridized carbons (Fsp3) is 0.588. The van der Waals surface area contributed by atoms with Gasteiger partial charge in [0.1, 0.15) is 0 Å². The summed E-state index contributed by atoms with van der Waals surface area (Å²) in [6, 6.07) is 8.97. The number of rotatable bonds is 5. The van der Waals surface area contributed by atoms with Gasteiger partial charge in [0.2, 0.25) is 5.91 Å². The van der Waals surface area contributed by atoms with Gasteiger partial charge in [-0.25, -0.2) is 0 Å². The molecule has 0 bridgehead atoms. The predicted octanol–water partition coefficient (Wildman–Crippen LogP) is 2.39. The molecule has 1 saturated heterocycles. The van der Waals surface area contributed by atoms with Crippen LogP contribution in [0, 0.1) is 0 Å². The number of hydrogen-bond donors (Lipinski definition) is 1. The molecule has 1 N–H and O–H groups in total. The van der Waals surface area contributed by atoms with Crippen molar-refractivity contribution >= 4 is 5.91 Å². The van der Waals surface area contributed by atoms with E-state index in [1.807, 2.05) is 0 Å². The van der Waals surface area contributed by atoms with E-state index in [9.17, 15) is 4.79 Å². The molecule has 1 aliphatic heterocycles. The van der Waals surface area contributed by atoms with Crippen LogP contribution in [0.3, 0.4) is 0 Å². The number of hydrogen-bond acceptors (Lipinski definition) is 2. The first-order valence-electron chi connectivity index (χ1n) is 7.73. The third-order valence-corrected chi connectivity index (χ3v) is 4.16. The molecule has 0 saturated carbocycles. The highest BCUT2D eigenvalue weighted by atomic mass is 16.1. The summed E-state index contributed by atoms with van der Waals surface area (Å²) < 4.78 is 0. The zero-order valence-electron chi connectivity index (χ0n) is 12.7. The Morgan fingerprint density at radius 1 is 1.20 bits per heavy atom. The number of amides is 1. The zero-order valence-corrected chi connectivity index (χ0v) is 12.7. The van der Waals surface area contributed by atoms with E-state index in [1.54, 1.807) is 0 Å². The van der Waals surface area contributed by atoms with E-state index >= 15 is 0 Å². The normalized spacial score (nSPS) is 17.1. The van der Waals surface area contributed by atoms with E-state index in [0.29, 0.717) is 12.5 Å². The second-order valence-corrected chi connectivity index (χ2v) is 5.82. The van der Waals surface area contributed by atoms with Crippen molar-refractivity contribution in [2.24, 2.45) is 0 Å². The maximum absolute atomic E-state index is 12.0. The molecule has 3 heteroatoms. The molecule has 1 heterocycles. The van der Waals surface area contributed by atoms with Crippen molar-refractivity contribution in [3.63, 3.8) is 0 Å². The monoisotopic (exact) mass is 274 g/mol. The van der Waals surface area contributed by atoms with E-state index in [4.69, 9.17) is 0 Å². The van der Waals surface area contributed by atoms with Gasteiger partial charge in [0.25, 0.3) is 0 Å². The number of likely N-dealkylation sites (tertiary alicyclic amines) is 1. The summed E-state index contributed by atoms with van der Waals surface area (Å²) in [7, 11) is 2.14. The van der Waals surface area contributed by atoms with Gasteiger partial charge < -0.3 is 10.2 Å². The summed E-state index contributed by atoms with van der Waals surface area (Å²) in [5, 5.41) is 3.17. The third kappa shape index (κ3) is 4.64. The van der Waals surface area contributed by atoms with Gasteiger partial charge in [-0.3, -0.25) is 4.79 Å². The number of nitrogens with zero attached hydrogens (tertiary/aromatic N) is 1. The highest BCUT2D eigenvalue weighted by molar-refractivity contribution is 5.76. The number of carbonyl (C=O) groups is 1. The average molecular weight is 274 g/mol. The molecule has 2 rings (SSSR count).